The Kier molecular flexibility index (Phi) is 7.28. The number of likely N-dealkylation sites (tertiary alicyclic amines) is 1. The highest BCUT2D eigenvalue weighted by atomic mass is 16.5. The van der Waals surface area contributed by atoms with Crippen LogP contribution in [0.15, 0.2) is 36.5 Å². The third-order valence-electron chi connectivity index (χ3n) is 7.12. The van der Waals surface area contributed by atoms with Gasteiger partial charge in [0.25, 0.3) is 0 Å². The summed E-state index contributed by atoms with van der Waals surface area (Å²) in [6, 6.07) is 10.8. The Morgan fingerprint density at radius 1 is 1.16 bits per heavy atom. The van der Waals surface area contributed by atoms with Crippen molar-refractivity contribution in [2.24, 2.45) is 0 Å². The first-order chi connectivity index (χ1) is 15.2. The third kappa shape index (κ3) is 4.95. The predicted octanol–water partition coefficient (Wildman–Crippen LogP) is 5.03. The van der Waals surface area contributed by atoms with E-state index in [-0.39, 0.29) is 24.2 Å². The Hall–Kier alpha value is -2.34. The predicted molar refractivity (Wildman–Crippen MR) is 120 cm³/mol. The molecule has 1 saturated heterocycles. The molecule has 1 aliphatic carbocycles. The zero-order valence-electron chi connectivity index (χ0n) is 18.8. The second-order valence-electron chi connectivity index (χ2n) is 8.85. The maximum Gasteiger partial charge on any atom is 0.409 e. The molecule has 0 bridgehead atoms. The molecule has 1 N–H and O–H groups in total. The summed E-state index contributed by atoms with van der Waals surface area (Å²) in [5.74, 6) is 0.806. The normalized spacial score (nSPS) is 26.6. The van der Waals surface area contributed by atoms with Gasteiger partial charge in [-0.2, -0.15) is 5.10 Å². The second kappa shape index (κ2) is 10.3. The molecule has 31 heavy (non-hydrogen) atoms. The fourth-order valence-electron chi connectivity index (χ4n) is 5.38. The van der Waals surface area contributed by atoms with Crippen molar-refractivity contribution in [1.82, 2.24) is 15.1 Å². The molecule has 6 heteroatoms. The van der Waals surface area contributed by atoms with E-state index in [4.69, 9.17) is 9.47 Å². The molecule has 2 atom stereocenters. The number of rotatable bonds is 6. The lowest BCUT2D eigenvalue weighted by Gasteiger charge is -2.41. The summed E-state index contributed by atoms with van der Waals surface area (Å²) in [5, 5.41) is 7.59. The lowest BCUT2D eigenvalue weighted by atomic mass is 9.82. The largest absolute Gasteiger partial charge is 0.453 e. The highest BCUT2D eigenvalue weighted by Crippen LogP contribution is 2.37. The van der Waals surface area contributed by atoms with Crippen LogP contribution in [-0.2, 0) is 15.9 Å². The van der Waals surface area contributed by atoms with Gasteiger partial charge in [0.15, 0.2) is 0 Å². The van der Waals surface area contributed by atoms with Crippen molar-refractivity contribution >= 4 is 6.09 Å². The van der Waals surface area contributed by atoms with Crippen molar-refractivity contribution in [3.05, 3.63) is 53.3 Å². The van der Waals surface area contributed by atoms with Crippen LogP contribution >= 0.6 is 0 Å². The molecule has 2 heterocycles. The van der Waals surface area contributed by atoms with E-state index >= 15 is 0 Å². The van der Waals surface area contributed by atoms with E-state index in [1.807, 2.05) is 11.1 Å². The summed E-state index contributed by atoms with van der Waals surface area (Å²) < 4.78 is 11.5. The van der Waals surface area contributed by atoms with Crippen LogP contribution in [0.25, 0.3) is 0 Å². The summed E-state index contributed by atoms with van der Waals surface area (Å²) in [5.41, 5.74) is 3.75. The number of carbonyl (C=O) groups excluding carboxylic acids is 1. The molecule has 168 valence electrons. The molecule has 2 aliphatic rings. The number of ether oxygens (including phenoxy) is 2. The van der Waals surface area contributed by atoms with Gasteiger partial charge in [0.05, 0.1) is 31.6 Å². The van der Waals surface area contributed by atoms with Gasteiger partial charge in [0.1, 0.15) is 0 Å². The number of nitrogens with one attached hydrogen (secondary N) is 1. The quantitative estimate of drug-likeness (QED) is 0.705. The zero-order chi connectivity index (χ0) is 21.6. The van der Waals surface area contributed by atoms with Gasteiger partial charge in [-0.3, -0.25) is 5.10 Å². The first-order valence-corrected chi connectivity index (χ1v) is 11.7. The van der Waals surface area contributed by atoms with Gasteiger partial charge in [0, 0.05) is 18.7 Å². The number of hydrogen-bond acceptors (Lipinski definition) is 4. The van der Waals surface area contributed by atoms with Crippen molar-refractivity contribution in [1.29, 1.82) is 0 Å². The molecule has 1 aliphatic heterocycles. The number of piperidine rings is 1. The standard InChI is InChI=1S/C25H35N3O3/c1-3-18-16-26-27-24(18)22-10-7-15-28(25(29)30-2)23(22)17-31-21-13-11-20(12-14-21)19-8-5-4-6-9-19/h4-6,8-9,16,20-23H,3,7,10-15,17H2,1-2H3,(H,26,27). The Labute approximate surface area is 185 Å². The number of aryl methyl sites for hydroxylation is 1. The summed E-state index contributed by atoms with van der Waals surface area (Å²) in [7, 11) is 1.46. The molecule has 0 spiro atoms. The Balaban J connectivity index is 1.41. The molecule has 1 aromatic carbocycles. The maximum atomic E-state index is 12.5. The topological polar surface area (TPSA) is 67.5 Å². The molecule has 1 saturated carbocycles. The van der Waals surface area contributed by atoms with E-state index in [9.17, 15) is 4.79 Å². The highest BCUT2D eigenvalue weighted by molar-refractivity contribution is 5.68. The van der Waals surface area contributed by atoms with Crippen LogP contribution in [-0.4, -0.2) is 53.6 Å². The minimum atomic E-state index is -0.264. The van der Waals surface area contributed by atoms with Crippen LogP contribution in [0.2, 0.25) is 0 Å². The summed E-state index contributed by atoms with van der Waals surface area (Å²) in [4.78, 5) is 14.4. The van der Waals surface area contributed by atoms with Gasteiger partial charge < -0.3 is 14.4 Å². The molecule has 2 aromatic rings. The van der Waals surface area contributed by atoms with Crippen molar-refractivity contribution < 1.29 is 14.3 Å². The van der Waals surface area contributed by atoms with Crippen LogP contribution in [0.1, 0.15) is 74.1 Å². The second-order valence-corrected chi connectivity index (χ2v) is 8.85. The van der Waals surface area contributed by atoms with Crippen LogP contribution in [0.5, 0.6) is 0 Å². The zero-order valence-corrected chi connectivity index (χ0v) is 18.8. The average molecular weight is 426 g/mol. The van der Waals surface area contributed by atoms with Crippen LogP contribution in [0.3, 0.4) is 0 Å². The molecule has 0 radical (unpaired) electrons. The minimum absolute atomic E-state index is 0.0401. The van der Waals surface area contributed by atoms with Gasteiger partial charge in [-0.25, -0.2) is 4.79 Å². The monoisotopic (exact) mass is 425 g/mol. The molecule has 2 fully saturated rings. The Morgan fingerprint density at radius 3 is 2.65 bits per heavy atom. The Bertz CT molecular complexity index is 830. The van der Waals surface area contributed by atoms with Crippen LogP contribution < -0.4 is 0 Å². The molecule has 6 nitrogen and oxygen atoms in total. The number of amides is 1. The number of H-pyrrole nitrogens is 1. The number of aromatic amines is 1. The first-order valence-electron chi connectivity index (χ1n) is 11.7. The number of methoxy groups -OCH3 is 1. The van der Waals surface area contributed by atoms with Crippen molar-refractivity contribution in [3.8, 4) is 0 Å². The molecule has 1 amide bonds. The maximum absolute atomic E-state index is 12.5. The number of benzene rings is 1. The van der Waals surface area contributed by atoms with Crippen molar-refractivity contribution in [2.45, 2.75) is 75.9 Å². The smallest absolute Gasteiger partial charge is 0.409 e. The lowest BCUT2D eigenvalue weighted by Crippen LogP contribution is -2.50. The number of nitrogens with zero attached hydrogens (tertiary/aromatic N) is 2. The fourth-order valence-corrected chi connectivity index (χ4v) is 5.38. The average Bonchev–Trinajstić information content (AvgIpc) is 3.31. The SMILES string of the molecule is CCc1c[nH]nc1C1CCCN(C(=O)OC)C1COC1CCC(c2ccccc2)CC1. The molecule has 4 rings (SSSR count). The lowest BCUT2D eigenvalue weighted by molar-refractivity contribution is -0.0243. The van der Waals surface area contributed by atoms with E-state index in [0.717, 1.165) is 50.6 Å². The third-order valence-corrected chi connectivity index (χ3v) is 7.12. The van der Waals surface area contributed by atoms with Gasteiger partial charge in [-0.15, -0.1) is 0 Å². The molecule has 2 unspecified atom stereocenters. The van der Waals surface area contributed by atoms with E-state index < -0.39 is 0 Å². The first kappa shape index (κ1) is 21.9. The van der Waals surface area contributed by atoms with E-state index in [1.54, 1.807) is 0 Å². The van der Waals surface area contributed by atoms with Crippen LogP contribution in [0, 0.1) is 0 Å². The molecule has 1 aromatic heterocycles. The molecular formula is C25H35N3O3. The van der Waals surface area contributed by atoms with E-state index in [1.165, 1.54) is 18.2 Å². The minimum Gasteiger partial charge on any atom is -0.453 e. The van der Waals surface area contributed by atoms with Crippen molar-refractivity contribution in [3.63, 3.8) is 0 Å². The van der Waals surface area contributed by atoms with Gasteiger partial charge in [0.2, 0.25) is 0 Å². The number of carbonyl (C=O) groups is 1. The van der Waals surface area contributed by atoms with Gasteiger partial charge in [-0.1, -0.05) is 37.3 Å². The highest BCUT2D eigenvalue weighted by Gasteiger charge is 2.38. The number of hydrogen-bond donors (Lipinski definition) is 1. The van der Waals surface area contributed by atoms with E-state index in [0.29, 0.717) is 19.1 Å². The number of aromatic nitrogens is 2. The van der Waals surface area contributed by atoms with Gasteiger partial charge >= 0.3 is 6.09 Å². The van der Waals surface area contributed by atoms with Crippen molar-refractivity contribution in [2.75, 3.05) is 20.3 Å². The Morgan fingerprint density at radius 2 is 1.94 bits per heavy atom. The fraction of sp³-hybridized carbons (Fsp3) is 0.600. The van der Waals surface area contributed by atoms with E-state index in [2.05, 4.69) is 47.5 Å². The summed E-state index contributed by atoms with van der Waals surface area (Å²) in [6.45, 7) is 3.40. The van der Waals surface area contributed by atoms with Crippen LogP contribution in [0.4, 0.5) is 4.79 Å². The van der Waals surface area contributed by atoms with Gasteiger partial charge in [-0.05, 0) is 62.0 Å². The summed E-state index contributed by atoms with van der Waals surface area (Å²) in [6.07, 6.45) is 9.31. The molecular weight excluding hydrogens is 390 g/mol. The summed E-state index contributed by atoms with van der Waals surface area (Å²) >= 11 is 0.